The maximum Gasteiger partial charge on any atom is 0.305 e. The molecule has 0 aliphatic heterocycles. The minimum Gasteiger partial charge on any atom is -0.464 e. The summed E-state index contributed by atoms with van der Waals surface area (Å²) in [5, 5.41) is 3.77. The molecule has 1 unspecified atom stereocenters. The number of carbonyl (C=O) groups is 1. The van der Waals surface area contributed by atoms with E-state index in [1.807, 2.05) is 0 Å². The van der Waals surface area contributed by atoms with Crippen molar-refractivity contribution in [3.05, 3.63) is 0 Å². The van der Waals surface area contributed by atoms with Crippen LogP contribution in [0.2, 0.25) is 0 Å². The molecule has 0 amide bonds. The van der Waals surface area contributed by atoms with E-state index in [1.54, 1.807) is 0 Å². The van der Waals surface area contributed by atoms with Gasteiger partial charge in [0.2, 0.25) is 0 Å². The molecule has 44 heavy (non-hydrogen) atoms. The molecule has 0 radical (unpaired) electrons. The Morgan fingerprint density at radius 3 is 1.09 bits per heavy atom. The zero-order valence-electron chi connectivity index (χ0n) is 30.6. The van der Waals surface area contributed by atoms with Crippen LogP contribution in [0.1, 0.15) is 233 Å². The van der Waals surface area contributed by atoms with Gasteiger partial charge in [-0.25, -0.2) is 0 Å². The highest BCUT2D eigenvalue weighted by molar-refractivity contribution is 14.0. The second kappa shape index (κ2) is 41.2. The van der Waals surface area contributed by atoms with E-state index in [0.717, 1.165) is 19.4 Å². The molecule has 0 rings (SSSR count). The maximum atomic E-state index is 12.1. The summed E-state index contributed by atoms with van der Waals surface area (Å²) in [5.41, 5.74) is 0. The molecule has 1 N–H and O–H groups in total. The summed E-state index contributed by atoms with van der Waals surface area (Å²) >= 11 is 0. The van der Waals surface area contributed by atoms with Crippen LogP contribution in [0.5, 0.6) is 0 Å². The van der Waals surface area contributed by atoms with E-state index in [9.17, 15) is 4.79 Å². The minimum absolute atomic E-state index is 0. The molecule has 3 nitrogen and oxygen atoms in total. The normalized spacial score (nSPS) is 11.9. The standard InChI is InChI=1S/C40H81NO2.HI/c1-4-7-10-13-16-18-20-21-22-23-25-27-29-32-35-39(34-31-28-26-24-19-17-14-11-8-5-2)41-37-38-43-40(42)36-33-30-15-12-9-6-3;/h39,41H,4-38H2,1-3H3;1H. The summed E-state index contributed by atoms with van der Waals surface area (Å²) in [5.74, 6) is -0.00416. The van der Waals surface area contributed by atoms with Crippen LogP contribution in [-0.2, 0) is 9.53 Å². The lowest BCUT2D eigenvalue weighted by Crippen LogP contribution is -2.32. The molecule has 266 valence electrons. The van der Waals surface area contributed by atoms with Gasteiger partial charge in [-0.2, -0.15) is 0 Å². The van der Waals surface area contributed by atoms with E-state index in [2.05, 4.69) is 26.1 Å². The topological polar surface area (TPSA) is 38.3 Å². The first kappa shape index (κ1) is 46.3. The van der Waals surface area contributed by atoms with Crippen molar-refractivity contribution in [3.8, 4) is 0 Å². The molecule has 0 aromatic carbocycles. The van der Waals surface area contributed by atoms with E-state index in [1.165, 1.54) is 193 Å². The van der Waals surface area contributed by atoms with Crippen LogP contribution < -0.4 is 5.32 Å². The third-order valence-corrected chi connectivity index (χ3v) is 9.34. The monoisotopic (exact) mass is 736 g/mol. The Labute approximate surface area is 295 Å². The predicted octanol–water partition coefficient (Wildman–Crippen LogP) is 14.0. The minimum atomic E-state index is -0.00416. The largest absolute Gasteiger partial charge is 0.464 e. The highest BCUT2D eigenvalue weighted by Gasteiger charge is 2.09. The highest BCUT2D eigenvalue weighted by atomic mass is 127. The zero-order valence-corrected chi connectivity index (χ0v) is 32.9. The number of halogens is 1. The van der Waals surface area contributed by atoms with Crippen molar-refractivity contribution in [2.45, 2.75) is 239 Å². The molecule has 0 aromatic heterocycles. The number of carbonyl (C=O) groups excluding carboxylic acids is 1. The summed E-state index contributed by atoms with van der Waals surface area (Å²) in [6.07, 6.45) is 44.3. The zero-order chi connectivity index (χ0) is 31.3. The number of hydrogen-bond donors (Lipinski definition) is 1. The van der Waals surface area contributed by atoms with E-state index in [0.29, 0.717) is 19.1 Å². The second-order valence-corrected chi connectivity index (χ2v) is 13.7. The fraction of sp³-hybridized carbons (Fsp3) is 0.975. The van der Waals surface area contributed by atoms with Crippen LogP contribution in [0.25, 0.3) is 0 Å². The Kier molecular flexibility index (Phi) is 43.3. The van der Waals surface area contributed by atoms with Crippen molar-refractivity contribution in [2.75, 3.05) is 13.2 Å². The van der Waals surface area contributed by atoms with Crippen LogP contribution in [0, 0.1) is 0 Å². The summed E-state index contributed by atoms with van der Waals surface area (Å²) < 4.78 is 5.55. The average molecular weight is 736 g/mol. The Bertz CT molecular complexity index is 530. The van der Waals surface area contributed by atoms with Crippen molar-refractivity contribution in [1.29, 1.82) is 0 Å². The smallest absolute Gasteiger partial charge is 0.305 e. The first-order valence-corrected chi connectivity index (χ1v) is 20.1. The molecular weight excluding hydrogens is 653 g/mol. The number of hydrogen-bond acceptors (Lipinski definition) is 3. The molecule has 0 fully saturated rings. The Morgan fingerprint density at radius 1 is 0.455 bits per heavy atom. The average Bonchev–Trinajstić information content (AvgIpc) is 3.01. The van der Waals surface area contributed by atoms with E-state index < -0.39 is 0 Å². The Balaban J connectivity index is 0. The molecule has 0 aromatic rings. The lowest BCUT2D eigenvalue weighted by atomic mass is 9.99. The number of ether oxygens (including phenoxy) is 1. The number of nitrogens with one attached hydrogen (secondary N) is 1. The van der Waals surface area contributed by atoms with Crippen molar-refractivity contribution in [1.82, 2.24) is 5.32 Å². The van der Waals surface area contributed by atoms with Gasteiger partial charge in [0.15, 0.2) is 0 Å². The van der Waals surface area contributed by atoms with Crippen molar-refractivity contribution >= 4 is 29.9 Å². The van der Waals surface area contributed by atoms with Gasteiger partial charge in [-0.3, -0.25) is 4.79 Å². The second-order valence-electron chi connectivity index (χ2n) is 13.7. The van der Waals surface area contributed by atoms with Gasteiger partial charge < -0.3 is 10.1 Å². The van der Waals surface area contributed by atoms with Crippen LogP contribution in [0.15, 0.2) is 0 Å². The van der Waals surface area contributed by atoms with Crippen LogP contribution in [-0.4, -0.2) is 25.2 Å². The Morgan fingerprint density at radius 2 is 0.750 bits per heavy atom. The van der Waals surface area contributed by atoms with Gasteiger partial charge in [-0.1, -0.05) is 207 Å². The van der Waals surface area contributed by atoms with Crippen molar-refractivity contribution in [3.63, 3.8) is 0 Å². The van der Waals surface area contributed by atoms with Gasteiger partial charge >= 0.3 is 5.97 Å². The van der Waals surface area contributed by atoms with E-state index >= 15 is 0 Å². The van der Waals surface area contributed by atoms with Gasteiger partial charge in [0, 0.05) is 19.0 Å². The number of unbranched alkanes of at least 4 members (excludes halogenated alkanes) is 27. The van der Waals surface area contributed by atoms with Gasteiger partial charge in [-0.15, -0.1) is 24.0 Å². The predicted molar refractivity (Wildman–Crippen MR) is 208 cm³/mol. The summed E-state index contributed by atoms with van der Waals surface area (Å²) in [7, 11) is 0. The third kappa shape index (κ3) is 38.3. The molecule has 1 atom stereocenters. The molecular formula is C40H82INO2. The van der Waals surface area contributed by atoms with E-state index in [4.69, 9.17) is 4.74 Å². The van der Waals surface area contributed by atoms with Crippen molar-refractivity contribution < 1.29 is 9.53 Å². The number of esters is 1. The van der Waals surface area contributed by atoms with Gasteiger partial charge in [0.05, 0.1) is 0 Å². The summed E-state index contributed by atoms with van der Waals surface area (Å²) in [4.78, 5) is 12.1. The molecule has 0 bridgehead atoms. The molecule has 0 aliphatic rings. The maximum absolute atomic E-state index is 12.1. The fourth-order valence-corrected chi connectivity index (χ4v) is 6.36. The lowest BCUT2D eigenvalue weighted by molar-refractivity contribution is -0.143. The third-order valence-electron chi connectivity index (χ3n) is 9.34. The quantitative estimate of drug-likeness (QED) is 0.0392. The van der Waals surface area contributed by atoms with Crippen LogP contribution >= 0.6 is 24.0 Å². The Hall–Kier alpha value is 0.160. The van der Waals surface area contributed by atoms with Gasteiger partial charge in [0.25, 0.3) is 0 Å². The van der Waals surface area contributed by atoms with Gasteiger partial charge in [-0.05, 0) is 19.3 Å². The molecule has 0 saturated heterocycles. The first-order chi connectivity index (χ1) is 21.2. The summed E-state index contributed by atoms with van der Waals surface area (Å²) in [6, 6.07) is 0.587. The molecule has 0 spiro atoms. The molecule has 0 saturated carbocycles. The van der Waals surface area contributed by atoms with Gasteiger partial charge in [0.1, 0.15) is 6.61 Å². The molecule has 0 heterocycles. The SMILES string of the molecule is CCCCCCCCCCCCCCCCC(CCCCCCCCCCCC)NCCOC(=O)CCCCCCCC.I. The van der Waals surface area contributed by atoms with Crippen LogP contribution in [0.3, 0.4) is 0 Å². The lowest BCUT2D eigenvalue weighted by Gasteiger charge is -2.19. The van der Waals surface area contributed by atoms with E-state index in [-0.39, 0.29) is 29.9 Å². The highest BCUT2D eigenvalue weighted by Crippen LogP contribution is 2.17. The molecule has 0 aliphatic carbocycles. The summed E-state index contributed by atoms with van der Waals surface area (Å²) in [6.45, 7) is 8.18. The molecule has 4 heteroatoms. The van der Waals surface area contributed by atoms with Crippen molar-refractivity contribution in [2.24, 2.45) is 0 Å². The first-order valence-electron chi connectivity index (χ1n) is 20.1. The van der Waals surface area contributed by atoms with Crippen LogP contribution in [0.4, 0.5) is 0 Å². The fourth-order valence-electron chi connectivity index (χ4n) is 6.36. The number of rotatable bonds is 37.